The SMILES string of the molecule is CCC(CC(=O)O)c1ccc(N2CCC[C@H]2C(C)(C)F)c(NC(=O)Nc2ccc(Cl)cc2F)c1. The topological polar surface area (TPSA) is 81.7 Å². The summed E-state index contributed by atoms with van der Waals surface area (Å²) in [4.78, 5) is 26.0. The highest BCUT2D eigenvalue weighted by atomic mass is 35.5. The number of carboxylic acids is 1. The van der Waals surface area contributed by atoms with Crippen molar-refractivity contribution in [2.24, 2.45) is 0 Å². The molecular weight excluding hydrogens is 464 g/mol. The van der Waals surface area contributed by atoms with E-state index in [1.807, 2.05) is 17.9 Å². The molecule has 1 aliphatic rings. The summed E-state index contributed by atoms with van der Waals surface area (Å²) in [5, 5.41) is 14.7. The maximum Gasteiger partial charge on any atom is 0.323 e. The van der Waals surface area contributed by atoms with Gasteiger partial charge in [-0.1, -0.05) is 24.6 Å². The van der Waals surface area contributed by atoms with Gasteiger partial charge in [-0.15, -0.1) is 0 Å². The minimum atomic E-state index is -1.46. The van der Waals surface area contributed by atoms with Gasteiger partial charge < -0.3 is 20.6 Å². The lowest BCUT2D eigenvalue weighted by Crippen LogP contribution is -2.43. The molecule has 0 spiro atoms. The molecule has 6 nitrogen and oxygen atoms in total. The van der Waals surface area contributed by atoms with Crippen LogP contribution in [-0.2, 0) is 4.79 Å². The molecule has 0 aromatic heterocycles. The van der Waals surface area contributed by atoms with E-state index in [1.54, 1.807) is 12.1 Å². The van der Waals surface area contributed by atoms with Gasteiger partial charge in [0, 0.05) is 11.6 Å². The number of hydrogen-bond acceptors (Lipinski definition) is 3. The number of rotatable bonds is 8. The van der Waals surface area contributed by atoms with Crippen LogP contribution in [0.3, 0.4) is 0 Å². The molecule has 2 atom stereocenters. The van der Waals surface area contributed by atoms with Crippen LogP contribution in [0.2, 0.25) is 5.02 Å². The van der Waals surface area contributed by atoms with Gasteiger partial charge in [-0.25, -0.2) is 13.6 Å². The van der Waals surface area contributed by atoms with Crippen LogP contribution in [0.1, 0.15) is 57.9 Å². The fourth-order valence-electron chi connectivity index (χ4n) is 4.50. The molecule has 2 aromatic rings. The van der Waals surface area contributed by atoms with Gasteiger partial charge in [-0.05, 0) is 74.9 Å². The van der Waals surface area contributed by atoms with Crippen molar-refractivity contribution in [1.82, 2.24) is 0 Å². The van der Waals surface area contributed by atoms with Gasteiger partial charge >= 0.3 is 12.0 Å². The molecule has 2 amide bonds. The van der Waals surface area contributed by atoms with Crippen molar-refractivity contribution >= 4 is 40.7 Å². The van der Waals surface area contributed by atoms with Crippen molar-refractivity contribution in [3.05, 3.63) is 52.8 Å². The fourth-order valence-corrected chi connectivity index (χ4v) is 4.66. The van der Waals surface area contributed by atoms with Crippen LogP contribution in [-0.4, -0.2) is 35.4 Å². The Morgan fingerprint density at radius 1 is 1.21 bits per heavy atom. The number of urea groups is 1. The van der Waals surface area contributed by atoms with E-state index >= 15 is 0 Å². The maximum absolute atomic E-state index is 14.9. The predicted molar refractivity (Wildman–Crippen MR) is 131 cm³/mol. The van der Waals surface area contributed by atoms with Gasteiger partial charge in [-0.3, -0.25) is 4.79 Å². The second-order valence-corrected chi connectivity index (χ2v) is 9.54. The van der Waals surface area contributed by atoms with Gasteiger partial charge in [0.15, 0.2) is 0 Å². The summed E-state index contributed by atoms with van der Waals surface area (Å²) in [5.41, 5.74) is 0.284. The highest BCUT2D eigenvalue weighted by Crippen LogP contribution is 2.39. The van der Waals surface area contributed by atoms with Crippen molar-refractivity contribution in [1.29, 1.82) is 0 Å². The van der Waals surface area contributed by atoms with Crippen LogP contribution in [0.5, 0.6) is 0 Å². The number of benzene rings is 2. The quantitative estimate of drug-likeness (QED) is 0.377. The Kier molecular flexibility index (Phi) is 8.02. The zero-order valence-electron chi connectivity index (χ0n) is 19.5. The Bertz CT molecular complexity index is 1060. The van der Waals surface area contributed by atoms with E-state index in [0.29, 0.717) is 30.8 Å². The minimum Gasteiger partial charge on any atom is -0.481 e. The Hall–Kier alpha value is -2.87. The first kappa shape index (κ1) is 25.7. The monoisotopic (exact) mass is 493 g/mol. The lowest BCUT2D eigenvalue weighted by Gasteiger charge is -2.35. The molecule has 0 aliphatic carbocycles. The van der Waals surface area contributed by atoms with Gasteiger partial charge in [0.05, 0.1) is 29.5 Å². The normalized spacial score (nSPS) is 16.9. The van der Waals surface area contributed by atoms with Gasteiger partial charge in [-0.2, -0.15) is 0 Å². The first-order valence-electron chi connectivity index (χ1n) is 11.3. The molecule has 1 fully saturated rings. The van der Waals surface area contributed by atoms with Crippen molar-refractivity contribution in [2.75, 3.05) is 22.1 Å². The Morgan fingerprint density at radius 2 is 1.91 bits per heavy atom. The van der Waals surface area contributed by atoms with Gasteiger partial charge in [0.25, 0.3) is 0 Å². The molecule has 0 radical (unpaired) electrons. The molecule has 3 N–H and O–H groups in total. The van der Waals surface area contributed by atoms with Crippen molar-refractivity contribution in [3.8, 4) is 0 Å². The van der Waals surface area contributed by atoms with E-state index in [-0.39, 0.29) is 29.1 Å². The number of nitrogens with zero attached hydrogens (tertiary/aromatic N) is 1. The van der Waals surface area contributed by atoms with E-state index in [0.717, 1.165) is 18.1 Å². The predicted octanol–water partition coefficient (Wildman–Crippen LogP) is 6.81. The smallest absolute Gasteiger partial charge is 0.323 e. The third kappa shape index (κ3) is 6.17. The maximum atomic E-state index is 14.9. The summed E-state index contributed by atoms with van der Waals surface area (Å²) in [5.74, 6) is -1.85. The van der Waals surface area contributed by atoms with E-state index in [2.05, 4.69) is 10.6 Å². The third-order valence-electron chi connectivity index (χ3n) is 6.19. The minimum absolute atomic E-state index is 0.0409. The number of anilines is 3. The number of carbonyl (C=O) groups excluding carboxylic acids is 1. The number of nitrogens with one attached hydrogen (secondary N) is 2. The van der Waals surface area contributed by atoms with E-state index in [1.165, 1.54) is 26.0 Å². The molecule has 1 heterocycles. The lowest BCUT2D eigenvalue weighted by atomic mass is 9.92. The summed E-state index contributed by atoms with van der Waals surface area (Å²) >= 11 is 5.78. The second-order valence-electron chi connectivity index (χ2n) is 9.10. The number of carbonyl (C=O) groups is 2. The number of hydrogen-bond donors (Lipinski definition) is 3. The van der Waals surface area contributed by atoms with Crippen LogP contribution in [0.15, 0.2) is 36.4 Å². The van der Waals surface area contributed by atoms with Crippen molar-refractivity contribution in [3.63, 3.8) is 0 Å². The van der Waals surface area contributed by atoms with E-state index in [4.69, 9.17) is 11.6 Å². The third-order valence-corrected chi connectivity index (χ3v) is 6.42. The summed E-state index contributed by atoms with van der Waals surface area (Å²) in [6.07, 6.45) is 2.01. The largest absolute Gasteiger partial charge is 0.481 e. The average molecular weight is 494 g/mol. The molecular formula is C25H30ClF2N3O3. The Morgan fingerprint density at radius 3 is 2.53 bits per heavy atom. The Balaban J connectivity index is 1.95. The molecule has 34 heavy (non-hydrogen) atoms. The first-order valence-corrected chi connectivity index (χ1v) is 11.7. The summed E-state index contributed by atoms with van der Waals surface area (Å²) < 4.78 is 29.1. The molecule has 1 aliphatic heterocycles. The number of amides is 2. The van der Waals surface area contributed by atoms with Crippen molar-refractivity contribution in [2.45, 2.75) is 64.1 Å². The Labute approximate surface area is 203 Å². The van der Waals surface area contributed by atoms with Crippen LogP contribution in [0.4, 0.5) is 30.6 Å². The standard InChI is InChI=1S/C25H30ClF2N3O3/c1-4-15(13-23(32)33)16-7-10-21(31-11-5-6-22(31)25(2,3)28)20(12-16)30-24(34)29-19-9-8-17(26)14-18(19)27/h7-10,12,14-15,22H,4-6,11,13H2,1-3H3,(H,32,33)(H2,29,30,34)/t15?,22-/m0/s1. The number of carboxylic acid groups (broad SMARTS) is 1. The van der Waals surface area contributed by atoms with Crippen molar-refractivity contribution < 1.29 is 23.5 Å². The number of halogens is 3. The lowest BCUT2D eigenvalue weighted by molar-refractivity contribution is -0.137. The molecule has 184 valence electrons. The number of alkyl halides is 1. The summed E-state index contributed by atoms with van der Waals surface area (Å²) in [6.45, 7) is 5.58. The highest BCUT2D eigenvalue weighted by Gasteiger charge is 2.38. The zero-order chi connectivity index (χ0) is 25.0. The second kappa shape index (κ2) is 10.6. The van der Waals surface area contributed by atoms with E-state index in [9.17, 15) is 23.5 Å². The number of aliphatic carboxylic acids is 1. The molecule has 1 saturated heterocycles. The molecule has 3 rings (SSSR count). The van der Waals surface area contributed by atoms with Crippen LogP contribution >= 0.6 is 11.6 Å². The summed E-state index contributed by atoms with van der Waals surface area (Å²) in [6, 6.07) is 8.21. The zero-order valence-corrected chi connectivity index (χ0v) is 20.3. The highest BCUT2D eigenvalue weighted by molar-refractivity contribution is 6.30. The van der Waals surface area contributed by atoms with Gasteiger partial charge in [0.2, 0.25) is 0 Å². The van der Waals surface area contributed by atoms with E-state index < -0.39 is 23.5 Å². The van der Waals surface area contributed by atoms with Crippen LogP contribution in [0.25, 0.3) is 0 Å². The summed E-state index contributed by atoms with van der Waals surface area (Å²) in [7, 11) is 0. The molecule has 1 unspecified atom stereocenters. The molecule has 9 heteroatoms. The molecule has 2 aromatic carbocycles. The van der Waals surface area contributed by atoms with Crippen LogP contribution in [0, 0.1) is 5.82 Å². The van der Waals surface area contributed by atoms with Crippen LogP contribution < -0.4 is 15.5 Å². The average Bonchev–Trinajstić information content (AvgIpc) is 3.24. The first-order chi connectivity index (χ1) is 16.0. The van der Waals surface area contributed by atoms with Gasteiger partial charge in [0.1, 0.15) is 11.5 Å². The molecule has 0 bridgehead atoms. The molecule has 0 saturated carbocycles. The fraction of sp³-hybridized carbons (Fsp3) is 0.440.